The number of nitrogen functional groups attached to an aromatic ring is 1. The van der Waals surface area contributed by atoms with E-state index in [1.54, 1.807) is 26.2 Å². The summed E-state index contributed by atoms with van der Waals surface area (Å²) in [5.41, 5.74) is 6.04. The molecule has 19 heavy (non-hydrogen) atoms. The molecule has 0 aromatic heterocycles. The summed E-state index contributed by atoms with van der Waals surface area (Å²) in [6.07, 6.45) is 0. The van der Waals surface area contributed by atoms with Gasteiger partial charge in [-0.25, -0.2) is 0 Å². The van der Waals surface area contributed by atoms with Crippen LogP contribution in [0, 0.1) is 0 Å². The van der Waals surface area contributed by atoms with E-state index in [4.69, 9.17) is 15.2 Å². The Kier molecular flexibility index (Phi) is 5.11. The molecule has 2 N–H and O–H groups in total. The van der Waals surface area contributed by atoms with Crippen molar-refractivity contribution in [1.29, 1.82) is 0 Å². The lowest BCUT2D eigenvalue weighted by molar-refractivity contribution is -0.153. The van der Waals surface area contributed by atoms with E-state index < -0.39 is 5.60 Å². The zero-order chi connectivity index (χ0) is 14.6. The third-order valence-electron chi connectivity index (χ3n) is 2.26. The van der Waals surface area contributed by atoms with Crippen LogP contribution in [0.15, 0.2) is 23.1 Å². The Hall–Kier alpha value is -1.36. The van der Waals surface area contributed by atoms with Crippen molar-refractivity contribution in [2.75, 3.05) is 12.8 Å². The first-order chi connectivity index (χ1) is 8.73. The molecule has 1 rings (SSSR count). The Morgan fingerprint density at radius 2 is 2.00 bits per heavy atom. The molecule has 1 aromatic rings. The minimum absolute atomic E-state index is 0.250. The summed E-state index contributed by atoms with van der Waals surface area (Å²) in [4.78, 5) is 12.7. The summed E-state index contributed by atoms with van der Waals surface area (Å²) >= 11 is 1.37. The number of benzene rings is 1. The lowest BCUT2D eigenvalue weighted by atomic mass is 10.2. The van der Waals surface area contributed by atoms with Crippen molar-refractivity contribution in [2.45, 2.75) is 43.4 Å². The fourth-order valence-electron chi connectivity index (χ4n) is 1.37. The van der Waals surface area contributed by atoms with Crippen molar-refractivity contribution in [3.8, 4) is 5.75 Å². The fourth-order valence-corrected chi connectivity index (χ4v) is 2.28. The van der Waals surface area contributed by atoms with Crippen LogP contribution in [0.5, 0.6) is 5.75 Å². The Morgan fingerprint density at radius 3 is 2.53 bits per heavy atom. The average Bonchev–Trinajstić information content (AvgIpc) is 2.29. The summed E-state index contributed by atoms with van der Waals surface area (Å²) in [6, 6.07) is 5.38. The van der Waals surface area contributed by atoms with Gasteiger partial charge in [0.15, 0.2) is 0 Å². The van der Waals surface area contributed by atoms with Crippen molar-refractivity contribution in [3.63, 3.8) is 0 Å². The van der Waals surface area contributed by atoms with E-state index in [0.29, 0.717) is 11.4 Å². The van der Waals surface area contributed by atoms with E-state index in [0.717, 1.165) is 4.90 Å². The molecule has 0 aliphatic carbocycles. The molecule has 1 unspecified atom stereocenters. The predicted molar refractivity (Wildman–Crippen MR) is 78.6 cm³/mol. The van der Waals surface area contributed by atoms with Crippen LogP contribution < -0.4 is 10.5 Å². The van der Waals surface area contributed by atoms with Crippen LogP contribution >= 0.6 is 11.8 Å². The maximum atomic E-state index is 11.9. The normalized spacial score (nSPS) is 12.9. The van der Waals surface area contributed by atoms with Crippen LogP contribution in [0.2, 0.25) is 0 Å². The zero-order valence-electron chi connectivity index (χ0n) is 12.0. The number of nitrogens with two attached hydrogens (primary N) is 1. The van der Waals surface area contributed by atoms with Crippen molar-refractivity contribution in [2.24, 2.45) is 0 Å². The van der Waals surface area contributed by atoms with Crippen LogP contribution in [-0.2, 0) is 9.53 Å². The lowest BCUT2D eigenvalue weighted by Crippen LogP contribution is -2.28. The van der Waals surface area contributed by atoms with Crippen molar-refractivity contribution in [3.05, 3.63) is 18.2 Å². The summed E-state index contributed by atoms with van der Waals surface area (Å²) in [6.45, 7) is 7.35. The maximum absolute atomic E-state index is 11.9. The molecule has 0 fully saturated rings. The first-order valence-corrected chi connectivity index (χ1v) is 6.94. The highest BCUT2D eigenvalue weighted by Crippen LogP contribution is 2.32. The second-order valence-electron chi connectivity index (χ2n) is 5.20. The number of carbonyl (C=O) groups is 1. The van der Waals surface area contributed by atoms with Gasteiger partial charge in [0.25, 0.3) is 0 Å². The molecule has 0 bridgehead atoms. The van der Waals surface area contributed by atoms with Gasteiger partial charge in [0, 0.05) is 10.6 Å². The highest BCUT2D eigenvalue weighted by atomic mass is 32.2. The molecule has 1 aromatic carbocycles. The maximum Gasteiger partial charge on any atom is 0.319 e. The second-order valence-corrected chi connectivity index (χ2v) is 6.58. The highest BCUT2D eigenvalue weighted by molar-refractivity contribution is 8.00. The van der Waals surface area contributed by atoms with Crippen molar-refractivity contribution < 1.29 is 14.3 Å². The number of hydrogen-bond acceptors (Lipinski definition) is 5. The Morgan fingerprint density at radius 1 is 1.37 bits per heavy atom. The number of esters is 1. The van der Waals surface area contributed by atoms with Crippen LogP contribution in [0.1, 0.15) is 27.7 Å². The first kappa shape index (κ1) is 15.7. The molecule has 4 nitrogen and oxygen atoms in total. The monoisotopic (exact) mass is 283 g/mol. The third kappa shape index (κ3) is 5.03. The number of anilines is 1. The van der Waals surface area contributed by atoms with E-state index in [9.17, 15) is 4.79 Å². The molecule has 1 atom stereocenters. The molecule has 0 saturated heterocycles. The molecule has 0 saturated carbocycles. The summed E-state index contributed by atoms with van der Waals surface area (Å²) in [7, 11) is 1.59. The van der Waals surface area contributed by atoms with Gasteiger partial charge in [0.1, 0.15) is 16.6 Å². The Bertz CT molecular complexity index is 454. The summed E-state index contributed by atoms with van der Waals surface area (Å²) < 4.78 is 10.5. The summed E-state index contributed by atoms with van der Waals surface area (Å²) in [5.74, 6) is 0.466. The largest absolute Gasteiger partial charge is 0.497 e. The first-order valence-electron chi connectivity index (χ1n) is 6.06. The number of methoxy groups -OCH3 is 1. The van der Waals surface area contributed by atoms with Gasteiger partial charge in [0.05, 0.1) is 7.11 Å². The molecule has 0 aliphatic rings. The minimum atomic E-state index is -0.480. The Labute approximate surface area is 118 Å². The van der Waals surface area contributed by atoms with E-state index >= 15 is 0 Å². The van der Waals surface area contributed by atoms with Gasteiger partial charge < -0.3 is 15.2 Å². The molecular formula is C14H21NO3S. The molecule has 0 aliphatic heterocycles. The lowest BCUT2D eigenvalue weighted by Gasteiger charge is -2.22. The highest BCUT2D eigenvalue weighted by Gasteiger charge is 2.23. The topological polar surface area (TPSA) is 61.5 Å². The van der Waals surface area contributed by atoms with Gasteiger partial charge in [-0.3, -0.25) is 4.79 Å². The molecular weight excluding hydrogens is 262 g/mol. The number of ether oxygens (including phenoxy) is 2. The number of rotatable bonds is 4. The molecule has 5 heteroatoms. The van der Waals surface area contributed by atoms with Crippen molar-refractivity contribution >= 4 is 23.4 Å². The molecule has 0 heterocycles. The minimum Gasteiger partial charge on any atom is -0.497 e. The smallest absolute Gasteiger partial charge is 0.319 e. The van der Waals surface area contributed by atoms with Gasteiger partial charge in [-0.2, -0.15) is 0 Å². The molecule has 0 spiro atoms. The summed E-state index contributed by atoms with van der Waals surface area (Å²) in [5, 5.41) is -0.325. The SMILES string of the molecule is COc1ccc(N)c(SC(C)C(=O)OC(C)(C)C)c1. The van der Waals surface area contributed by atoms with Crippen LogP contribution in [-0.4, -0.2) is 23.9 Å². The fraction of sp³-hybridized carbons (Fsp3) is 0.500. The standard InChI is InChI=1S/C14H21NO3S/c1-9(13(16)18-14(2,3)4)19-12-8-10(17-5)6-7-11(12)15/h6-9H,15H2,1-5H3. The third-order valence-corrected chi connectivity index (χ3v) is 3.42. The van der Waals surface area contributed by atoms with Crippen molar-refractivity contribution in [1.82, 2.24) is 0 Å². The number of hydrogen-bond donors (Lipinski definition) is 1. The second kappa shape index (κ2) is 6.19. The van der Waals surface area contributed by atoms with Gasteiger partial charge in [-0.1, -0.05) is 0 Å². The zero-order valence-corrected chi connectivity index (χ0v) is 12.8. The van der Waals surface area contributed by atoms with Crippen LogP contribution in [0.25, 0.3) is 0 Å². The van der Waals surface area contributed by atoms with Crippen LogP contribution in [0.3, 0.4) is 0 Å². The van der Waals surface area contributed by atoms with Crippen LogP contribution in [0.4, 0.5) is 5.69 Å². The van der Waals surface area contributed by atoms with E-state index in [-0.39, 0.29) is 11.2 Å². The molecule has 0 radical (unpaired) electrons. The van der Waals surface area contributed by atoms with E-state index in [2.05, 4.69) is 0 Å². The number of carbonyl (C=O) groups excluding carboxylic acids is 1. The Balaban J connectivity index is 2.76. The number of thioether (sulfide) groups is 1. The quantitative estimate of drug-likeness (QED) is 0.522. The van der Waals surface area contributed by atoms with E-state index in [1.165, 1.54) is 11.8 Å². The predicted octanol–water partition coefficient (Wildman–Crippen LogP) is 3.10. The average molecular weight is 283 g/mol. The van der Waals surface area contributed by atoms with Gasteiger partial charge in [0.2, 0.25) is 0 Å². The van der Waals surface area contributed by atoms with Gasteiger partial charge in [-0.05, 0) is 45.9 Å². The van der Waals surface area contributed by atoms with E-state index in [1.807, 2.05) is 26.8 Å². The molecule has 106 valence electrons. The molecule has 0 amide bonds. The van der Waals surface area contributed by atoms with Gasteiger partial charge in [-0.15, -0.1) is 11.8 Å². The van der Waals surface area contributed by atoms with Gasteiger partial charge >= 0.3 is 5.97 Å².